The van der Waals surface area contributed by atoms with E-state index in [2.05, 4.69) is 15.2 Å². The highest BCUT2D eigenvalue weighted by Gasteiger charge is 2.85. The molecule has 12 nitrogen and oxygen atoms in total. The van der Waals surface area contributed by atoms with Gasteiger partial charge >= 0.3 is 13.7 Å². The van der Waals surface area contributed by atoms with Crippen LogP contribution < -0.4 is 15.3 Å². The van der Waals surface area contributed by atoms with E-state index >= 15 is 4.39 Å². The van der Waals surface area contributed by atoms with Crippen molar-refractivity contribution in [3.63, 3.8) is 0 Å². The average molecular weight is 586 g/mol. The molecule has 2 aromatic carbocycles. The Kier molecular flexibility index (Phi) is 6.55. The van der Waals surface area contributed by atoms with E-state index in [1.54, 1.807) is 43.3 Å². The van der Waals surface area contributed by atoms with Gasteiger partial charge in [0.2, 0.25) is 0 Å². The van der Waals surface area contributed by atoms with E-state index in [0.717, 1.165) is 5.39 Å². The number of halogens is 1. The van der Waals surface area contributed by atoms with Gasteiger partial charge in [-0.05, 0) is 44.4 Å². The van der Waals surface area contributed by atoms with Crippen molar-refractivity contribution in [2.75, 3.05) is 12.3 Å². The van der Waals surface area contributed by atoms with Crippen LogP contribution in [-0.2, 0) is 23.4 Å². The molecule has 0 radical (unpaired) electrons. The van der Waals surface area contributed by atoms with Gasteiger partial charge in [0.05, 0.1) is 12.3 Å². The van der Waals surface area contributed by atoms with Crippen LogP contribution in [0.25, 0.3) is 16.3 Å². The number of nitrogen functional groups attached to an aromatic ring is 1. The Labute approximate surface area is 234 Å². The number of hydrogen-bond acceptors (Lipinski definition) is 10. The van der Waals surface area contributed by atoms with E-state index in [1.165, 1.54) is 24.7 Å². The Balaban J connectivity index is 1.30. The number of aromatic nitrogens is 3. The maximum atomic E-state index is 16.5. The number of nitrogens with one attached hydrogen (secondary N) is 1. The highest BCUT2D eigenvalue weighted by molar-refractivity contribution is 7.52. The first-order valence-corrected chi connectivity index (χ1v) is 14.6. The molecule has 14 heteroatoms. The first-order valence-electron chi connectivity index (χ1n) is 13.0. The lowest BCUT2D eigenvalue weighted by atomic mass is 9.91. The van der Waals surface area contributed by atoms with E-state index in [-0.39, 0.29) is 18.2 Å². The first kappa shape index (κ1) is 27.6. The number of ether oxygens (including phenoxy) is 2. The predicted molar refractivity (Wildman–Crippen MR) is 146 cm³/mol. The summed E-state index contributed by atoms with van der Waals surface area (Å²) in [4.78, 5) is 16.3. The van der Waals surface area contributed by atoms with Crippen LogP contribution in [0.1, 0.15) is 32.6 Å². The van der Waals surface area contributed by atoms with Gasteiger partial charge in [-0.1, -0.05) is 36.4 Å². The van der Waals surface area contributed by atoms with E-state index < -0.39 is 49.3 Å². The minimum absolute atomic E-state index is 0.102. The molecule has 2 aliphatic rings. The third-order valence-electron chi connectivity index (χ3n) is 7.58. The van der Waals surface area contributed by atoms with Crippen LogP contribution in [-0.4, -0.2) is 61.8 Å². The summed E-state index contributed by atoms with van der Waals surface area (Å²) in [5.41, 5.74) is 2.07. The Bertz CT molecular complexity index is 1690. The van der Waals surface area contributed by atoms with Gasteiger partial charge in [0, 0.05) is 5.39 Å². The van der Waals surface area contributed by atoms with Gasteiger partial charge in [-0.2, -0.15) is 10.2 Å². The number of esters is 1. The van der Waals surface area contributed by atoms with Crippen LogP contribution in [0.4, 0.5) is 10.2 Å². The summed E-state index contributed by atoms with van der Waals surface area (Å²) in [7, 11) is -4.45. The number of anilines is 1. The van der Waals surface area contributed by atoms with Crippen LogP contribution in [0.15, 0.2) is 60.9 Å². The summed E-state index contributed by atoms with van der Waals surface area (Å²) in [5, 5.41) is 19.6. The van der Waals surface area contributed by atoms with E-state index in [1.807, 2.05) is 18.2 Å². The number of carbonyl (C=O) groups excluding carboxylic acids is 1. The number of carbonyl (C=O) groups is 1. The van der Waals surface area contributed by atoms with Crippen LogP contribution in [0.5, 0.6) is 5.75 Å². The molecule has 1 saturated heterocycles. The largest absolute Gasteiger partial charge is 0.465 e. The average Bonchev–Trinajstić information content (AvgIpc) is 3.19. The fourth-order valence-corrected chi connectivity index (χ4v) is 7.10. The van der Waals surface area contributed by atoms with E-state index in [0.29, 0.717) is 16.6 Å². The lowest BCUT2D eigenvalue weighted by Crippen LogP contribution is -2.44. The molecule has 3 heterocycles. The number of alkyl halides is 1. The van der Waals surface area contributed by atoms with Gasteiger partial charge in [-0.3, -0.25) is 9.32 Å². The Hall–Kier alpha value is -3.61. The summed E-state index contributed by atoms with van der Waals surface area (Å²) < 4.78 is 54.8. The van der Waals surface area contributed by atoms with Crippen LogP contribution in [0, 0.1) is 0 Å². The van der Waals surface area contributed by atoms with Crippen molar-refractivity contribution in [1.82, 2.24) is 19.7 Å². The summed E-state index contributed by atoms with van der Waals surface area (Å²) in [6.45, 7) is 4.35. The molecule has 0 bridgehead atoms. The molecule has 0 amide bonds. The van der Waals surface area contributed by atoms with Crippen LogP contribution in [0.3, 0.4) is 0 Å². The highest BCUT2D eigenvalue weighted by atomic mass is 31.2. The molecule has 6 rings (SSSR count). The lowest BCUT2D eigenvalue weighted by molar-refractivity contribution is -0.144. The summed E-state index contributed by atoms with van der Waals surface area (Å²) in [6, 6.07) is 14.5. The van der Waals surface area contributed by atoms with E-state index in [4.69, 9.17) is 24.3 Å². The second-order valence-corrected chi connectivity index (χ2v) is 11.9. The quantitative estimate of drug-likeness (QED) is 0.195. The first-order chi connectivity index (χ1) is 19.5. The molecule has 1 aliphatic carbocycles. The number of rotatable bonds is 9. The third-order valence-corrected chi connectivity index (χ3v) is 9.23. The summed E-state index contributed by atoms with van der Waals surface area (Å²) in [5.74, 6) is -0.296. The minimum Gasteiger partial charge on any atom is -0.465 e. The normalized spacial score (nSPS) is 29.1. The molecular formula is C27H29FN5O7P. The molecule has 1 aliphatic heterocycles. The summed E-state index contributed by atoms with van der Waals surface area (Å²) in [6.07, 6.45) is -2.60. The van der Waals surface area contributed by atoms with E-state index in [9.17, 15) is 14.5 Å². The Morgan fingerprint density at radius 3 is 2.76 bits per heavy atom. The Morgan fingerprint density at radius 2 is 2.02 bits per heavy atom. The zero-order chi connectivity index (χ0) is 29.2. The lowest BCUT2D eigenvalue weighted by Gasteiger charge is -2.31. The van der Waals surface area contributed by atoms with Crippen molar-refractivity contribution in [2.45, 2.75) is 56.4 Å². The molecule has 216 valence electrons. The van der Waals surface area contributed by atoms with Crippen molar-refractivity contribution < 1.29 is 37.4 Å². The third kappa shape index (κ3) is 4.36. The zero-order valence-electron chi connectivity index (χ0n) is 22.4. The molecule has 4 N–H and O–H groups in total. The molecule has 0 spiro atoms. The second-order valence-electron chi connectivity index (χ2n) is 10.2. The fourth-order valence-electron chi connectivity index (χ4n) is 5.37. The number of benzene rings is 2. The number of nitrogens with zero attached hydrogens (tertiary/aromatic N) is 3. The molecule has 2 unspecified atom stereocenters. The molecular weight excluding hydrogens is 556 g/mol. The summed E-state index contributed by atoms with van der Waals surface area (Å²) >= 11 is 0. The number of nitrogens with two attached hydrogens (primary N) is 1. The van der Waals surface area contributed by atoms with Gasteiger partial charge in [0.25, 0.3) is 0 Å². The highest BCUT2D eigenvalue weighted by Crippen LogP contribution is 2.67. The zero-order valence-corrected chi connectivity index (χ0v) is 23.3. The van der Waals surface area contributed by atoms with Crippen molar-refractivity contribution in [3.05, 3.63) is 66.6 Å². The molecule has 7 atom stereocenters. The SMILES string of the molecule is CCOC(=O)[C@H](C)NP(=O)(Oc1cccc2ccccc12)OC1[C@H]2O[C@@H](c3ccc4c(N)ncnn34)[C@](C)(F)[C@@]12O. The molecule has 1 saturated carbocycles. The molecule has 2 fully saturated rings. The number of hydrogen-bond donors (Lipinski definition) is 3. The molecule has 4 aromatic rings. The number of fused-ring (bicyclic) bond motifs is 3. The monoisotopic (exact) mass is 585 g/mol. The van der Waals surface area contributed by atoms with Crippen LogP contribution >= 0.6 is 7.75 Å². The predicted octanol–water partition coefficient (Wildman–Crippen LogP) is 3.49. The van der Waals surface area contributed by atoms with Gasteiger partial charge in [0.1, 0.15) is 41.9 Å². The second kappa shape index (κ2) is 9.74. The smallest absolute Gasteiger partial charge is 0.459 e. The van der Waals surface area contributed by atoms with Gasteiger partial charge in [0.15, 0.2) is 17.1 Å². The van der Waals surface area contributed by atoms with Gasteiger partial charge in [-0.25, -0.2) is 18.5 Å². The fraction of sp³-hybridized carbons (Fsp3) is 0.370. The van der Waals surface area contributed by atoms with Crippen molar-refractivity contribution >= 4 is 35.8 Å². The van der Waals surface area contributed by atoms with Crippen molar-refractivity contribution in [3.8, 4) is 5.75 Å². The molecule has 2 aromatic heterocycles. The number of aliphatic hydroxyl groups is 1. The van der Waals surface area contributed by atoms with Gasteiger partial charge < -0.3 is 24.8 Å². The maximum Gasteiger partial charge on any atom is 0.459 e. The standard InChI is InChI=1S/C27H29FN5O7P/c1-4-37-25(34)15(2)32-41(36,39-20-11-7-9-16-8-5-6-10-17(16)20)40-23-22-27(23,35)26(3,28)21(38-22)18-12-13-19-24(29)30-14-31-33(18)19/h5-15,21-23,35H,4H2,1-3H3,(H,32,36)(H2,29,30,31)/t15-,21-,22+,23?,26-,27-,41?/m0/s1. The Morgan fingerprint density at radius 1 is 1.27 bits per heavy atom. The van der Waals surface area contributed by atoms with Gasteiger partial charge in [-0.15, -0.1) is 0 Å². The molecule has 41 heavy (non-hydrogen) atoms. The minimum atomic E-state index is -4.45. The topological polar surface area (TPSA) is 160 Å². The van der Waals surface area contributed by atoms with Crippen molar-refractivity contribution in [2.24, 2.45) is 0 Å². The maximum absolute atomic E-state index is 16.5. The van der Waals surface area contributed by atoms with Crippen LogP contribution in [0.2, 0.25) is 0 Å². The van der Waals surface area contributed by atoms with Crippen molar-refractivity contribution in [1.29, 1.82) is 0 Å².